The molecule has 1 fully saturated rings. The molecule has 0 bridgehead atoms. The van der Waals surface area contributed by atoms with E-state index in [1.807, 2.05) is 0 Å². The Bertz CT molecular complexity index is 196. The average Bonchev–Trinajstić information content (AvgIpc) is 2.68. The van der Waals surface area contributed by atoms with Gasteiger partial charge in [0.15, 0.2) is 0 Å². The lowest BCUT2D eigenvalue weighted by Crippen LogP contribution is -1.61. The fourth-order valence-electron chi connectivity index (χ4n) is 1.34. The third-order valence-corrected chi connectivity index (χ3v) is 2.10. The van der Waals surface area contributed by atoms with Gasteiger partial charge in [-0.15, -0.1) is 0 Å². The Morgan fingerprint density at radius 1 is 0.615 bits per heavy atom. The van der Waals surface area contributed by atoms with Gasteiger partial charge < -0.3 is 10.2 Å². The molecule has 2 heteroatoms. The van der Waals surface area contributed by atoms with E-state index >= 15 is 0 Å². The zero-order chi connectivity index (χ0) is 9.52. The second kappa shape index (κ2) is 5.46. The standard InChI is InChI=1S/C6H6O2.C5H10/c7-5-1-2-6(8)4-3-5;1-2-4-5-3-1/h1-4,7-8H;1-5H2. The van der Waals surface area contributed by atoms with Crippen molar-refractivity contribution in [2.75, 3.05) is 0 Å². The summed E-state index contributed by atoms with van der Waals surface area (Å²) < 4.78 is 0. The lowest BCUT2D eigenvalue weighted by molar-refractivity contribution is 0.460. The maximum Gasteiger partial charge on any atom is 0.115 e. The van der Waals surface area contributed by atoms with Gasteiger partial charge in [-0.1, -0.05) is 32.1 Å². The van der Waals surface area contributed by atoms with Crippen LogP contribution in [-0.4, -0.2) is 10.2 Å². The van der Waals surface area contributed by atoms with Crippen LogP contribution in [0.2, 0.25) is 0 Å². The molecule has 0 unspecified atom stereocenters. The first-order valence-corrected chi connectivity index (χ1v) is 4.77. The molecule has 2 rings (SSSR count). The van der Waals surface area contributed by atoms with Crippen molar-refractivity contribution in [1.29, 1.82) is 0 Å². The molecular formula is C11H16O2. The van der Waals surface area contributed by atoms with Crippen molar-refractivity contribution in [2.45, 2.75) is 32.1 Å². The van der Waals surface area contributed by atoms with Crippen molar-refractivity contribution in [2.24, 2.45) is 0 Å². The molecule has 2 N–H and O–H groups in total. The van der Waals surface area contributed by atoms with E-state index in [0.717, 1.165) is 0 Å². The summed E-state index contributed by atoms with van der Waals surface area (Å²) in [6.07, 6.45) is 7.50. The Labute approximate surface area is 78.8 Å². The van der Waals surface area contributed by atoms with Crippen molar-refractivity contribution in [3.05, 3.63) is 24.3 Å². The summed E-state index contributed by atoms with van der Waals surface area (Å²) in [5.74, 6) is 0.339. The van der Waals surface area contributed by atoms with E-state index in [0.29, 0.717) is 0 Å². The third-order valence-electron chi connectivity index (χ3n) is 2.10. The van der Waals surface area contributed by atoms with Gasteiger partial charge in [0.25, 0.3) is 0 Å². The molecule has 0 aliphatic heterocycles. The van der Waals surface area contributed by atoms with Gasteiger partial charge in [-0.05, 0) is 24.3 Å². The number of rotatable bonds is 0. The van der Waals surface area contributed by atoms with E-state index in [1.54, 1.807) is 0 Å². The summed E-state index contributed by atoms with van der Waals surface area (Å²) in [7, 11) is 0. The van der Waals surface area contributed by atoms with Crippen LogP contribution in [0.4, 0.5) is 0 Å². The molecule has 0 heterocycles. The molecule has 1 aliphatic rings. The second-order valence-electron chi connectivity index (χ2n) is 3.28. The molecule has 0 atom stereocenters. The average molecular weight is 180 g/mol. The van der Waals surface area contributed by atoms with Crippen LogP contribution < -0.4 is 0 Å². The number of phenolic OH excluding ortho intramolecular Hbond substituents is 2. The van der Waals surface area contributed by atoms with Crippen LogP contribution >= 0.6 is 0 Å². The Kier molecular flexibility index (Phi) is 4.16. The fraction of sp³-hybridized carbons (Fsp3) is 0.455. The van der Waals surface area contributed by atoms with Crippen LogP contribution in [0, 0.1) is 0 Å². The second-order valence-corrected chi connectivity index (χ2v) is 3.28. The smallest absolute Gasteiger partial charge is 0.115 e. The Hall–Kier alpha value is -1.18. The van der Waals surface area contributed by atoms with E-state index in [2.05, 4.69) is 0 Å². The number of hydrogen-bond donors (Lipinski definition) is 2. The summed E-state index contributed by atoms with van der Waals surface area (Å²) in [5.41, 5.74) is 0. The summed E-state index contributed by atoms with van der Waals surface area (Å²) >= 11 is 0. The first-order valence-electron chi connectivity index (χ1n) is 4.77. The molecular weight excluding hydrogens is 164 g/mol. The molecule has 0 amide bonds. The minimum Gasteiger partial charge on any atom is -0.508 e. The highest BCUT2D eigenvalue weighted by molar-refractivity contribution is 5.28. The lowest BCUT2D eigenvalue weighted by Gasteiger charge is -1.88. The van der Waals surface area contributed by atoms with Crippen LogP contribution in [0.15, 0.2) is 24.3 Å². The maximum atomic E-state index is 8.65. The molecule has 13 heavy (non-hydrogen) atoms. The van der Waals surface area contributed by atoms with Gasteiger partial charge in [0.2, 0.25) is 0 Å². The molecule has 0 saturated heterocycles. The van der Waals surface area contributed by atoms with Gasteiger partial charge >= 0.3 is 0 Å². The van der Waals surface area contributed by atoms with Crippen molar-refractivity contribution in [3.8, 4) is 11.5 Å². The normalized spacial score (nSPS) is 14.8. The molecule has 1 saturated carbocycles. The van der Waals surface area contributed by atoms with E-state index in [-0.39, 0.29) is 11.5 Å². The quantitative estimate of drug-likeness (QED) is 0.602. The highest BCUT2D eigenvalue weighted by Gasteiger charge is 1.95. The number of aromatic hydroxyl groups is 2. The summed E-state index contributed by atoms with van der Waals surface area (Å²) in [4.78, 5) is 0. The maximum absolute atomic E-state index is 8.65. The van der Waals surface area contributed by atoms with Crippen LogP contribution in [0.5, 0.6) is 11.5 Å². The summed E-state index contributed by atoms with van der Waals surface area (Å²) in [6, 6.07) is 5.70. The fourth-order valence-corrected chi connectivity index (χ4v) is 1.34. The third kappa shape index (κ3) is 4.41. The Morgan fingerprint density at radius 3 is 1.08 bits per heavy atom. The Balaban J connectivity index is 0.000000145. The highest BCUT2D eigenvalue weighted by Crippen LogP contribution is 2.15. The van der Waals surface area contributed by atoms with Crippen molar-refractivity contribution in [3.63, 3.8) is 0 Å². The van der Waals surface area contributed by atoms with Gasteiger partial charge in [0.1, 0.15) is 11.5 Å². The SMILES string of the molecule is C1CCCC1.Oc1ccc(O)cc1. The minimum atomic E-state index is 0.169. The van der Waals surface area contributed by atoms with Gasteiger partial charge in [0.05, 0.1) is 0 Å². The molecule has 1 aromatic rings. The summed E-state index contributed by atoms with van der Waals surface area (Å²) in [6.45, 7) is 0. The number of hydrogen-bond acceptors (Lipinski definition) is 2. The predicted octanol–water partition coefficient (Wildman–Crippen LogP) is 3.05. The lowest BCUT2D eigenvalue weighted by atomic mass is 10.3. The van der Waals surface area contributed by atoms with E-state index in [4.69, 9.17) is 10.2 Å². The molecule has 0 radical (unpaired) electrons. The van der Waals surface area contributed by atoms with Crippen LogP contribution in [0.1, 0.15) is 32.1 Å². The first kappa shape index (κ1) is 9.90. The first-order chi connectivity index (χ1) is 6.29. The van der Waals surface area contributed by atoms with E-state index in [9.17, 15) is 0 Å². The van der Waals surface area contributed by atoms with Gasteiger partial charge in [-0.25, -0.2) is 0 Å². The largest absolute Gasteiger partial charge is 0.508 e. The van der Waals surface area contributed by atoms with E-state index < -0.39 is 0 Å². The molecule has 0 aromatic heterocycles. The van der Waals surface area contributed by atoms with Crippen LogP contribution in [-0.2, 0) is 0 Å². The molecule has 72 valence electrons. The Morgan fingerprint density at radius 2 is 0.846 bits per heavy atom. The van der Waals surface area contributed by atoms with Crippen LogP contribution in [0.3, 0.4) is 0 Å². The minimum absolute atomic E-state index is 0.169. The van der Waals surface area contributed by atoms with Crippen LogP contribution in [0.25, 0.3) is 0 Å². The molecule has 1 aromatic carbocycles. The zero-order valence-electron chi connectivity index (χ0n) is 7.74. The van der Waals surface area contributed by atoms with Crippen molar-refractivity contribution in [1.82, 2.24) is 0 Å². The molecule has 1 aliphatic carbocycles. The molecule has 2 nitrogen and oxygen atoms in total. The zero-order valence-corrected chi connectivity index (χ0v) is 7.74. The van der Waals surface area contributed by atoms with E-state index in [1.165, 1.54) is 56.4 Å². The van der Waals surface area contributed by atoms with Gasteiger partial charge in [-0.2, -0.15) is 0 Å². The predicted molar refractivity (Wildman–Crippen MR) is 52.9 cm³/mol. The van der Waals surface area contributed by atoms with Gasteiger partial charge in [0, 0.05) is 0 Å². The van der Waals surface area contributed by atoms with Crippen molar-refractivity contribution < 1.29 is 10.2 Å². The summed E-state index contributed by atoms with van der Waals surface area (Å²) in [5, 5.41) is 17.3. The van der Waals surface area contributed by atoms with Gasteiger partial charge in [-0.3, -0.25) is 0 Å². The number of benzene rings is 1. The molecule has 0 spiro atoms. The van der Waals surface area contributed by atoms with Crippen molar-refractivity contribution >= 4 is 0 Å². The highest BCUT2D eigenvalue weighted by atomic mass is 16.3. The number of phenols is 2. The monoisotopic (exact) mass is 180 g/mol. The topological polar surface area (TPSA) is 40.5 Å².